The highest BCUT2D eigenvalue weighted by atomic mass is 15.3. The summed E-state index contributed by atoms with van der Waals surface area (Å²) < 4.78 is 1.72. The minimum absolute atomic E-state index is 0.135. The van der Waals surface area contributed by atoms with E-state index in [1.165, 1.54) is 0 Å². The van der Waals surface area contributed by atoms with Crippen molar-refractivity contribution < 1.29 is 0 Å². The molecule has 0 bridgehead atoms. The Morgan fingerprint density at radius 2 is 2.36 bits per heavy atom. The number of nitrogens with two attached hydrogens (primary N) is 1. The van der Waals surface area contributed by atoms with Crippen molar-refractivity contribution in [2.24, 2.45) is 5.73 Å². The molecule has 3 N–H and O–H groups in total. The molecule has 0 unspecified atom stereocenters. The monoisotopic (exact) mass is 152 g/mol. The quantitative estimate of drug-likeness (QED) is 0.477. The third-order valence-electron chi connectivity index (χ3n) is 1.42. The molecule has 4 nitrogen and oxygen atoms in total. The Hall–Kier alpha value is -1.32. The van der Waals surface area contributed by atoms with E-state index < -0.39 is 0 Å². The number of hydrogen-bond donors (Lipinski definition) is 2. The van der Waals surface area contributed by atoms with Crippen LogP contribution in [0.4, 0.5) is 0 Å². The van der Waals surface area contributed by atoms with Crippen LogP contribution in [0.1, 0.15) is 11.4 Å². The molecule has 1 aromatic rings. The first-order chi connectivity index (χ1) is 5.09. The van der Waals surface area contributed by atoms with Crippen LogP contribution in [0, 0.1) is 19.3 Å². The van der Waals surface area contributed by atoms with Crippen LogP contribution in [0.25, 0.3) is 0 Å². The van der Waals surface area contributed by atoms with Gasteiger partial charge in [-0.1, -0.05) is 0 Å². The van der Waals surface area contributed by atoms with Gasteiger partial charge in [-0.05, 0) is 19.9 Å². The smallest absolute Gasteiger partial charge is 0.113 e. The van der Waals surface area contributed by atoms with Crippen molar-refractivity contribution in [3.63, 3.8) is 0 Å². The normalized spacial score (nSPS) is 10.0. The van der Waals surface area contributed by atoms with Crippen molar-refractivity contribution in [1.29, 1.82) is 5.41 Å². The second kappa shape index (κ2) is 2.74. The maximum Gasteiger partial charge on any atom is 0.113 e. The molecule has 11 heavy (non-hydrogen) atoms. The summed E-state index contributed by atoms with van der Waals surface area (Å²) in [4.78, 5) is 0. The fourth-order valence-corrected chi connectivity index (χ4v) is 0.996. The fourth-order valence-electron chi connectivity index (χ4n) is 0.996. The van der Waals surface area contributed by atoms with E-state index in [4.69, 9.17) is 11.1 Å². The maximum atomic E-state index is 7.05. The Labute approximate surface area is 65.5 Å². The molecule has 0 aromatic carbocycles. The van der Waals surface area contributed by atoms with Crippen molar-refractivity contribution in [1.82, 2.24) is 9.78 Å². The number of aryl methyl sites for hydroxylation is 2. The Morgan fingerprint density at radius 3 is 2.73 bits per heavy atom. The summed E-state index contributed by atoms with van der Waals surface area (Å²) in [7, 11) is 0. The number of nitrogens with one attached hydrogen (secondary N) is 1. The van der Waals surface area contributed by atoms with Crippen molar-refractivity contribution in [3.05, 3.63) is 17.5 Å². The SMILES string of the molecule is Cc1cc(C)n(CC(=N)N)n1. The van der Waals surface area contributed by atoms with E-state index in [2.05, 4.69) is 5.10 Å². The van der Waals surface area contributed by atoms with Crippen LogP contribution in [-0.4, -0.2) is 15.6 Å². The lowest BCUT2D eigenvalue weighted by atomic mass is 10.4. The molecule has 1 rings (SSSR count). The highest BCUT2D eigenvalue weighted by molar-refractivity contribution is 5.76. The molecule has 1 aromatic heterocycles. The van der Waals surface area contributed by atoms with E-state index >= 15 is 0 Å². The minimum atomic E-state index is 0.135. The van der Waals surface area contributed by atoms with Gasteiger partial charge in [0.05, 0.1) is 12.2 Å². The van der Waals surface area contributed by atoms with Crippen molar-refractivity contribution in [2.45, 2.75) is 20.4 Å². The molecule has 0 radical (unpaired) electrons. The second-order valence-electron chi connectivity index (χ2n) is 2.61. The van der Waals surface area contributed by atoms with Crippen molar-refractivity contribution >= 4 is 5.84 Å². The zero-order valence-electron chi connectivity index (χ0n) is 6.76. The van der Waals surface area contributed by atoms with Crippen LogP contribution in [0.2, 0.25) is 0 Å². The molecule has 0 fully saturated rings. The summed E-state index contributed by atoms with van der Waals surface area (Å²) >= 11 is 0. The standard InChI is InChI=1S/C7H12N4/c1-5-3-6(2)11(10-5)4-7(8)9/h3H,4H2,1-2H3,(H3,8,9). The lowest BCUT2D eigenvalue weighted by Gasteiger charge is -2.00. The van der Waals surface area contributed by atoms with Gasteiger partial charge in [0.15, 0.2) is 0 Å². The first-order valence-electron chi connectivity index (χ1n) is 3.43. The Bertz CT molecular complexity index is 274. The molecule has 0 saturated heterocycles. The van der Waals surface area contributed by atoms with Gasteiger partial charge < -0.3 is 5.73 Å². The molecule has 0 spiro atoms. The molecular formula is C7H12N4. The molecule has 0 aliphatic heterocycles. The number of hydrogen-bond acceptors (Lipinski definition) is 2. The van der Waals surface area contributed by atoms with Crippen molar-refractivity contribution in [3.8, 4) is 0 Å². The van der Waals surface area contributed by atoms with Gasteiger partial charge in [-0.15, -0.1) is 0 Å². The summed E-state index contributed by atoms with van der Waals surface area (Å²) in [5.74, 6) is 0.135. The van der Waals surface area contributed by atoms with E-state index in [0.717, 1.165) is 11.4 Å². The van der Waals surface area contributed by atoms with Crippen molar-refractivity contribution in [2.75, 3.05) is 0 Å². The van der Waals surface area contributed by atoms with E-state index in [0.29, 0.717) is 6.54 Å². The summed E-state index contributed by atoms with van der Waals surface area (Å²) in [6.07, 6.45) is 0. The lowest BCUT2D eigenvalue weighted by molar-refractivity contribution is 0.687. The van der Waals surface area contributed by atoms with E-state index in [9.17, 15) is 0 Å². The van der Waals surface area contributed by atoms with Gasteiger partial charge >= 0.3 is 0 Å². The minimum Gasteiger partial charge on any atom is -0.386 e. The predicted octanol–water partition coefficient (Wildman–Crippen LogP) is 0.436. The molecule has 1 heterocycles. The largest absolute Gasteiger partial charge is 0.386 e. The number of rotatable bonds is 2. The Morgan fingerprint density at radius 1 is 1.73 bits per heavy atom. The molecule has 0 aliphatic rings. The first kappa shape index (κ1) is 7.78. The Balaban J connectivity index is 2.85. The number of aromatic nitrogens is 2. The zero-order chi connectivity index (χ0) is 8.43. The topological polar surface area (TPSA) is 67.7 Å². The van der Waals surface area contributed by atoms with Gasteiger partial charge in [0.2, 0.25) is 0 Å². The fraction of sp³-hybridized carbons (Fsp3) is 0.429. The van der Waals surface area contributed by atoms with Crippen LogP contribution in [0.3, 0.4) is 0 Å². The van der Waals surface area contributed by atoms with Gasteiger partial charge in [0, 0.05) is 5.69 Å². The highest BCUT2D eigenvalue weighted by Crippen LogP contribution is 2.00. The van der Waals surface area contributed by atoms with Crippen LogP contribution < -0.4 is 5.73 Å². The Kier molecular flexibility index (Phi) is 1.94. The van der Waals surface area contributed by atoms with Gasteiger partial charge in [-0.25, -0.2) is 0 Å². The molecule has 60 valence electrons. The van der Waals surface area contributed by atoms with E-state index in [1.807, 2.05) is 19.9 Å². The second-order valence-corrected chi connectivity index (χ2v) is 2.61. The van der Waals surface area contributed by atoms with Crippen LogP contribution in [-0.2, 0) is 6.54 Å². The van der Waals surface area contributed by atoms with Gasteiger partial charge in [-0.2, -0.15) is 5.10 Å². The summed E-state index contributed by atoms with van der Waals surface area (Å²) in [6, 6.07) is 1.96. The summed E-state index contributed by atoms with van der Waals surface area (Å²) in [5, 5.41) is 11.2. The molecule has 0 aliphatic carbocycles. The maximum absolute atomic E-state index is 7.05. The third-order valence-corrected chi connectivity index (χ3v) is 1.42. The molecule has 0 saturated carbocycles. The molecular weight excluding hydrogens is 140 g/mol. The average molecular weight is 152 g/mol. The predicted molar refractivity (Wildman–Crippen MR) is 43.6 cm³/mol. The number of amidine groups is 1. The first-order valence-corrected chi connectivity index (χ1v) is 3.43. The van der Waals surface area contributed by atoms with Crippen LogP contribution in [0.15, 0.2) is 6.07 Å². The lowest BCUT2D eigenvalue weighted by Crippen LogP contribution is -2.19. The van der Waals surface area contributed by atoms with E-state index in [-0.39, 0.29) is 5.84 Å². The van der Waals surface area contributed by atoms with Gasteiger partial charge in [-0.3, -0.25) is 10.1 Å². The average Bonchev–Trinajstić information content (AvgIpc) is 2.09. The van der Waals surface area contributed by atoms with Crippen LogP contribution >= 0.6 is 0 Å². The molecule has 0 atom stereocenters. The van der Waals surface area contributed by atoms with Gasteiger partial charge in [0.25, 0.3) is 0 Å². The van der Waals surface area contributed by atoms with Crippen LogP contribution in [0.5, 0.6) is 0 Å². The molecule has 0 amide bonds. The zero-order valence-corrected chi connectivity index (χ0v) is 6.76. The third kappa shape index (κ3) is 1.80. The molecule has 4 heteroatoms. The highest BCUT2D eigenvalue weighted by Gasteiger charge is 2.00. The summed E-state index contributed by atoms with van der Waals surface area (Å²) in [5.41, 5.74) is 7.23. The number of nitrogens with zero attached hydrogens (tertiary/aromatic N) is 2. The van der Waals surface area contributed by atoms with E-state index in [1.54, 1.807) is 4.68 Å². The summed E-state index contributed by atoms with van der Waals surface area (Å²) in [6.45, 7) is 4.26. The van der Waals surface area contributed by atoms with Gasteiger partial charge in [0.1, 0.15) is 5.84 Å².